The number of hydrogen-bond donors (Lipinski definition) is 4. The molecule has 1 aromatic heterocycles. The van der Waals surface area contributed by atoms with Gasteiger partial charge in [-0.05, 0) is 54.4 Å². The Morgan fingerprint density at radius 3 is 2.48 bits per heavy atom. The molecule has 0 fully saturated rings. The Morgan fingerprint density at radius 1 is 1.06 bits per heavy atom. The van der Waals surface area contributed by atoms with E-state index in [1.807, 2.05) is 6.20 Å². The number of aliphatic imine (C=N–C) groups is 1. The van der Waals surface area contributed by atoms with Crippen molar-refractivity contribution in [3.8, 4) is 5.75 Å². The molecule has 1 heterocycles. The smallest absolute Gasteiger partial charge is 0.251 e. The molecule has 2 aromatic carbocycles. The maximum absolute atomic E-state index is 13.5. The molecule has 1 amide bonds. The molecule has 0 atom stereocenters. The summed E-state index contributed by atoms with van der Waals surface area (Å²) < 4.78 is 18.6. The van der Waals surface area contributed by atoms with E-state index in [1.165, 1.54) is 6.07 Å². The second kappa shape index (κ2) is 12.1. The zero-order valence-electron chi connectivity index (χ0n) is 17.5. The summed E-state index contributed by atoms with van der Waals surface area (Å²) >= 11 is 0. The lowest BCUT2D eigenvalue weighted by Gasteiger charge is -2.12. The summed E-state index contributed by atoms with van der Waals surface area (Å²) in [7, 11) is 3.27. The van der Waals surface area contributed by atoms with E-state index in [2.05, 4.69) is 25.9 Å². The number of carbonyl (C=O) groups is 1. The quantitative estimate of drug-likeness (QED) is 0.153. The normalized spacial score (nSPS) is 11.0. The van der Waals surface area contributed by atoms with Crippen LogP contribution in [0.2, 0.25) is 0 Å². The maximum atomic E-state index is 13.5. The lowest BCUT2D eigenvalue weighted by atomic mass is 10.1. The second-order valence-electron chi connectivity index (χ2n) is 6.66. The number of guanidine groups is 1. The van der Waals surface area contributed by atoms with Gasteiger partial charge in [0.2, 0.25) is 0 Å². The molecule has 166 valence electrons. The zero-order chi connectivity index (χ0) is 21.3. The summed E-state index contributed by atoms with van der Waals surface area (Å²) in [5.41, 5.74) is 2.54. The number of aromatic nitrogens is 1. The molecular weight excluding hydrogens is 512 g/mol. The van der Waals surface area contributed by atoms with Crippen LogP contribution in [-0.4, -0.2) is 50.6 Å². The van der Waals surface area contributed by atoms with Crippen LogP contribution in [0.4, 0.5) is 4.39 Å². The van der Waals surface area contributed by atoms with Gasteiger partial charge >= 0.3 is 0 Å². The van der Waals surface area contributed by atoms with Crippen molar-refractivity contribution in [2.75, 3.05) is 33.8 Å². The molecule has 31 heavy (non-hydrogen) atoms. The van der Waals surface area contributed by atoms with Crippen molar-refractivity contribution in [3.05, 3.63) is 65.6 Å². The molecule has 0 aliphatic carbocycles. The van der Waals surface area contributed by atoms with Crippen LogP contribution < -0.4 is 20.7 Å². The van der Waals surface area contributed by atoms with Crippen molar-refractivity contribution < 1.29 is 13.9 Å². The van der Waals surface area contributed by atoms with Crippen LogP contribution in [-0.2, 0) is 6.42 Å². The number of halogens is 2. The number of nitrogens with zero attached hydrogens (tertiary/aromatic N) is 1. The highest BCUT2D eigenvalue weighted by Gasteiger charge is 2.07. The minimum absolute atomic E-state index is 0. The van der Waals surface area contributed by atoms with E-state index in [9.17, 15) is 9.18 Å². The van der Waals surface area contributed by atoms with E-state index in [1.54, 1.807) is 50.6 Å². The van der Waals surface area contributed by atoms with Gasteiger partial charge in [0.25, 0.3) is 5.91 Å². The number of amides is 1. The number of fused-ring (bicyclic) bond motifs is 1. The van der Waals surface area contributed by atoms with Crippen LogP contribution in [0.3, 0.4) is 0 Å². The van der Waals surface area contributed by atoms with Crippen LogP contribution in [0.5, 0.6) is 5.75 Å². The van der Waals surface area contributed by atoms with Crippen molar-refractivity contribution >= 4 is 46.7 Å². The standard InChI is InChI=1S/C22H26FN5O2.HI/c1-24-22(26-10-9-16-14-28-20-8-5-17(23)13-19(16)20)27-12-11-25-21(29)15-3-6-18(30-2)7-4-15;/h3-8,13-14,28H,9-12H2,1-2H3,(H,25,29)(H2,24,26,27);1H. The second-order valence-corrected chi connectivity index (χ2v) is 6.66. The Bertz CT molecular complexity index is 1020. The third-order valence-electron chi connectivity index (χ3n) is 4.70. The van der Waals surface area contributed by atoms with E-state index in [0.717, 1.165) is 22.9 Å². The van der Waals surface area contributed by atoms with Gasteiger partial charge in [-0.15, -0.1) is 24.0 Å². The van der Waals surface area contributed by atoms with Gasteiger partial charge in [0.05, 0.1) is 7.11 Å². The van der Waals surface area contributed by atoms with Crippen LogP contribution in [0, 0.1) is 5.82 Å². The van der Waals surface area contributed by atoms with Crippen LogP contribution >= 0.6 is 24.0 Å². The molecule has 3 rings (SSSR count). The maximum Gasteiger partial charge on any atom is 0.251 e. The largest absolute Gasteiger partial charge is 0.497 e. The summed E-state index contributed by atoms with van der Waals surface area (Å²) in [5.74, 6) is 0.958. The first-order valence-electron chi connectivity index (χ1n) is 9.73. The van der Waals surface area contributed by atoms with E-state index < -0.39 is 0 Å². The molecule has 3 aromatic rings. The molecule has 0 spiro atoms. The Hall–Kier alpha value is -2.82. The van der Waals surface area contributed by atoms with Gasteiger partial charge in [-0.25, -0.2) is 4.39 Å². The van der Waals surface area contributed by atoms with Gasteiger partial charge in [-0.1, -0.05) is 0 Å². The summed E-state index contributed by atoms with van der Waals surface area (Å²) in [4.78, 5) is 19.5. The van der Waals surface area contributed by atoms with Crippen LogP contribution in [0.15, 0.2) is 53.7 Å². The number of benzene rings is 2. The molecule has 0 aliphatic heterocycles. The lowest BCUT2D eigenvalue weighted by molar-refractivity contribution is 0.0954. The van der Waals surface area contributed by atoms with Crippen molar-refractivity contribution in [3.63, 3.8) is 0 Å². The first kappa shape index (κ1) is 24.4. The minimum Gasteiger partial charge on any atom is -0.497 e. The first-order valence-corrected chi connectivity index (χ1v) is 9.73. The van der Waals surface area contributed by atoms with Crippen LogP contribution in [0.25, 0.3) is 10.9 Å². The topological polar surface area (TPSA) is 90.5 Å². The highest BCUT2D eigenvalue weighted by atomic mass is 127. The summed E-state index contributed by atoms with van der Waals surface area (Å²) in [6, 6.07) is 11.7. The number of ether oxygens (including phenoxy) is 1. The highest BCUT2D eigenvalue weighted by molar-refractivity contribution is 14.0. The summed E-state index contributed by atoms with van der Waals surface area (Å²) in [6.45, 7) is 1.62. The fraction of sp³-hybridized carbons (Fsp3) is 0.273. The highest BCUT2D eigenvalue weighted by Crippen LogP contribution is 2.19. The summed E-state index contributed by atoms with van der Waals surface area (Å²) in [6.07, 6.45) is 2.62. The number of aromatic amines is 1. The number of nitrogens with one attached hydrogen (secondary N) is 4. The number of hydrogen-bond acceptors (Lipinski definition) is 3. The monoisotopic (exact) mass is 539 g/mol. The third kappa shape index (κ3) is 6.84. The lowest BCUT2D eigenvalue weighted by Crippen LogP contribution is -2.42. The fourth-order valence-electron chi connectivity index (χ4n) is 3.10. The molecule has 0 saturated carbocycles. The van der Waals surface area contributed by atoms with Crippen molar-refractivity contribution in [2.45, 2.75) is 6.42 Å². The molecule has 0 unspecified atom stereocenters. The fourth-order valence-corrected chi connectivity index (χ4v) is 3.10. The SMILES string of the molecule is CN=C(NCCNC(=O)c1ccc(OC)cc1)NCCc1c[nH]c2ccc(F)cc12.I. The average molecular weight is 539 g/mol. The minimum atomic E-state index is -0.245. The molecule has 0 saturated heterocycles. The average Bonchev–Trinajstić information content (AvgIpc) is 3.17. The van der Waals surface area contributed by atoms with Gasteiger partial charge in [-0.3, -0.25) is 9.79 Å². The number of carbonyl (C=O) groups excluding carboxylic acids is 1. The predicted octanol–water partition coefficient (Wildman–Crippen LogP) is 3.07. The van der Waals surface area contributed by atoms with E-state index in [-0.39, 0.29) is 35.7 Å². The van der Waals surface area contributed by atoms with Gasteiger partial charge < -0.3 is 25.7 Å². The van der Waals surface area contributed by atoms with Crippen molar-refractivity contribution in [1.82, 2.24) is 20.9 Å². The van der Waals surface area contributed by atoms with Crippen LogP contribution in [0.1, 0.15) is 15.9 Å². The predicted molar refractivity (Wildman–Crippen MR) is 132 cm³/mol. The van der Waals surface area contributed by atoms with Crippen molar-refractivity contribution in [2.24, 2.45) is 4.99 Å². The van der Waals surface area contributed by atoms with Gasteiger partial charge in [-0.2, -0.15) is 0 Å². The molecule has 0 aliphatic rings. The van der Waals surface area contributed by atoms with E-state index in [0.29, 0.717) is 36.9 Å². The Labute approximate surface area is 197 Å². The Balaban J connectivity index is 0.00000341. The number of methoxy groups -OCH3 is 1. The van der Waals surface area contributed by atoms with Crippen molar-refractivity contribution in [1.29, 1.82) is 0 Å². The van der Waals surface area contributed by atoms with Gasteiger partial charge in [0.1, 0.15) is 11.6 Å². The Morgan fingerprint density at radius 2 is 1.77 bits per heavy atom. The first-order chi connectivity index (χ1) is 14.6. The zero-order valence-corrected chi connectivity index (χ0v) is 19.8. The molecule has 0 radical (unpaired) electrons. The van der Waals surface area contributed by atoms with Gasteiger partial charge in [0, 0.05) is 49.3 Å². The van der Waals surface area contributed by atoms with E-state index in [4.69, 9.17) is 4.74 Å². The third-order valence-corrected chi connectivity index (χ3v) is 4.70. The van der Waals surface area contributed by atoms with E-state index >= 15 is 0 Å². The van der Waals surface area contributed by atoms with Gasteiger partial charge in [0.15, 0.2) is 5.96 Å². The number of rotatable bonds is 8. The molecule has 7 nitrogen and oxygen atoms in total. The molecule has 9 heteroatoms. The molecule has 0 bridgehead atoms. The molecule has 4 N–H and O–H groups in total. The Kier molecular flexibility index (Phi) is 9.57. The summed E-state index contributed by atoms with van der Waals surface area (Å²) in [5, 5.41) is 10.1. The number of H-pyrrole nitrogens is 1. The molecular formula is C22H27FIN5O2.